The van der Waals surface area contributed by atoms with Crippen molar-refractivity contribution in [1.82, 2.24) is 14.7 Å². The summed E-state index contributed by atoms with van der Waals surface area (Å²) in [6, 6.07) is 10.3. The molecule has 6 nitrogen and oxygen atoms in total. The van der Waals surface area contributed by atoms with Gasteiger partial charge in [-0.3, -0.25) is 14.5 Å². The molecular weight excluding hydrogens is 364 g/mol. The lowest BCUT2D eigenvalue weighted by molar-refractivity contribution is -0.140. The van der Waals surface area contributed by atoms with Gasteiger partial charge in [0.15, 0.2) is 0 Å². The summed E-state index contributed by atoms with van der Waals surface area (Å²) in [4.78, 5) is 30.7. The minimum atomic E-state index is 0. The van der Waals surface area contributed by atoms with Gasteiger partial charge < -0.3 is 15.5 Å². The topological polar surface area (TPSA) is 69.9 Å². The minimum Gasteiger partial charge on any atom is -0.339 e. The number of rotatable bonds is 8. The summed E-state index contributed by atoms with van der Waals surface area (Å²) in [7, 11) is 0. The normalized spacial score (nSPS) is 17.0. The van der Waals surface area contributed by atoms with Gasteiger partial charge in [-0.05, 0) is 24.8 Å². The summed E-state index contributed by atoms with van der Waals surface area (Å²) in [5.74, 6) is 0.685. The molecule has 1 heterocycles. The van der Waals surface area contributed by atoms with Gasteiger partial charge in [0.2, 0.25) is 11.8 Å². The Morgan fingerprint density at radius 3 is 2.22 bits per heavy atom. The molecule has 1 aliphatic carbocycles. The van der Waals surface area contributed by atoms with E-state index in [1.807, 2.05) is 28.0 Å². The van der Waals surface area contributed by atoms with Crippen LogP contribution < -0.4 is 5.73 Å². The predicted octanol–water partition coefficient (Wildman–Crippen LogP) is 0.992. The first kappa shape index (κ1) is 21.7. The van der Waals surface area contributed by atoms with Crippen LogP contribution >= 0.6 is 12.4 Å². The molecule has 0 bridgehead atoms. The largest absolute Gasteiger partial charge is 0.339 e. The molecule has 3 rings (SSSR count). The van der Waals surface area contributed by atoms with Crippen LogP contribution in [0.5, 0.6) is 0 Å². The number of piperazine rings is 1. The minimum absolute atomic E-state index is 0. The fourth-order valence-corrected chi connectivity index (χ4v) is 3.44. The third kappa shape index (κ3) is 6.48. The van der Waals surface area contributed by atoms with Crippen molar-refractivity contribution in [3.63, 3.8) is 0 Å². The number of halogens is 1. The number of amides is 2. The van der Waals surface area contributed by atoms with Crippen molar-refractivity contribution in [3.8, 4) is 0 Å². The molecule has 0 unspecified atom stereocenters. The lowest BCUT2D eigenvalue weighted by atomic mass is 10.1. The second kappa shape index (κ2) is 10.6. The maximum atomic E-state index is 12.7. The Morgan fingerprint density at radius 1 is 1.00 bits per heavy atom. The number of hydrogen-bond acceptors (Lipinski definition) is 4. The molecule has 1 aromatic carbocycles. The molecule has 2 amide bonds. The van der Waals surface area contributed by atoms with Gasteiger partial charge in [-0.15, -0.1) is 12.4 Å². The summed E-state index contributed by atoms with van der Waals surface area (Å²) in [6.45, 7) is 5.13. The maximum Gasteiger partial charge on any atom is 0.236 e. The monoisotopic (exact) mass is 394 g/mol. The van der Waals surface area contributed by atoms with E-state index in [4.69, 9.17) is 5.73 Å². The van der Waals surface area contributed by atoms with Crippen LogP contribution in [0, 0.1) is 5.92 Å². The molecule has 1 saturated carbocycles. The van der Waals surface area contributed by atoms with Crippen molar-refractivity contribution >= 4 is 24.2 Å². The summed E-state index contributed by atoms with van der Waals surface area (Å²) in [6.07, 6.45) is 2.98. The standard InChI is InChI=1S/C20H30N4O2.ClH/c21-9-11-22(10-8-17-4-2-1-3-5-17)16-19(25)23-12-14-24(15-13-23)20(26)18-6-7-18;/h1-5,18H,6-16,21H2;1H. The first-order chi connectivity index (χ1) is 12.7. The number of hydrogen-bond donors (Lipinski definition) is 1. The molecule has 2 aliphatic rings. The average Bonchev–Trinajstić information content (AvgIpc) is 3.52. The van der Waals surface area contributed by atoms with E-state index in [1.165, 1.54) is 5.56 Å². The van der Waals surface area contributed by atoms with E-state index in [0.717, 1.165) is 32.4 Å². The van der Waals surface area contributed by atoms with Gasteiger partial charge in [0.1, 0.15) is 0 Å². The Labute approximate surface area is 168 Å². The highest BCUT2D eigenvalue weighted by atomic mass is 35.5. The van der Waals surface area contributed by atoms with Crippen LogP contribution in [0.4, 0.5) is 0 Å². The molecule has 2 fully saturated rings. The van der Waals surface area contributed by atoms with Crippen LogP contribution in [-0.4, -0.2) is 78.9 Å². The van der Waals surface area contributed by atoms with Crippen LogP contribution in [-0.2, 0) is 16.0 Å². The number of carbonyl (C=O) groups excluding carboxylic acids is 2. The van der Waals surface area contributed by atoms with Crippen LogP contribution in [0.2, 0.25) is 0 Å². The lowest BCUT2D eigenvalue weighted by Gasteiger charge is -2.36. The Hall–Kier alpha value is -1.63. The number of nitrogens with zero attached hydrogens (tertiary/aromatic N) is 3. The van der Waals surface area contributed by atoms with E-state index in [0.29, 0.717) is 39.3 Å². The Morgan fingerprint density at radius 2 is 1.63 bits per heavy atom. The molecule has 1 aliphatic heterocycles. The molecule has 1 saturated heterocycles. The van der Waals surface area contributed by atoms with E-state index in [2.05, 4.69) is 17.0 Å². The van der Waals surface area contributed by atoms with Gasteiger partial charge in [-0.2, -0.15) is 0 Å². The summed E-state index contributed by atoms with van der Waals surface area (Å²) in [5.41, 5.74) is 7.00. The number of nitrogens with two attached hydrogens (primary N) is 1. The van der Waals surface area contributed by atoms with E-state index < -0.39 is 0 Å². The fraction of sp³-hybridized carbons (Fsp3) is 0.600. The van der Waals surface area contributed by atoms with Crippen LogP contribution in [0.15, 0.2) is 30.3 Å². The number of carbonyl (C=O) groups is 2. The van der Waals surface area contributed by atoms with Crippen molar-refractivity contribution in [2.45, 2.75) is 19.3 Å². The third-order valence-electron chi connectivity index (χ3n) is 5.23. The lowest BCUT2D eigenvalue weighted by Crippen LogP contribution is -2.53. The molecule has 2 N–H and O–H groups in total. The summed E-state index contributed by atoms with van der Waals surface area (Å²) < 4.78 is 0. The molecule has 7 heteroatoms. The summed E-state index contributed by atoms with van der Waals surface area (Å²) in [5, 5.41) is 0. The van der Waals surface area contributed by atoms with E-state index in [1.54, 1.807) is 0 Å². The van der Waals surface area contributed by atoms with Gasteiger partial charge in [0, 0.05) is 51.7 Å². The van der Waals surface area contributed by atoms with Crippen molar-refractivity contribution in [2.24, 2.45) is 11.7 Å². The zero-order chi connectivity index (χ0) is 18.4. The van der Waals surface area contributed by atoms with Crippen molar-refractivity contribution in [3.05, 3.63) is 35.9 Å². The quantitative estimate of drug-likeness (QED) is 0.714. The second-order valence-electron chi connectivity index (χ2n) is 7.28. The molecule has 0 spiro atoms. The highest BCUT2D eigenvalue weighted by Gasteiger charge is 2.35. The first-order valence-corrected chi connectivity index (χ1v) is 9.70. The van der Waals surface area contributed by atoms with Gasteiger partial charge in [0.05, 0.1) is 6.54 Å². The van der Waals surface area contributed by atoms with Crippen LogP contribution in [0.3, 0.4) is 0 Å². The van der Waals surface area contributed by atoms with Crippen molar-refractivity contribution < 1.29 is 9.59 Å². The van der Waals surface area contributed by atoms with Crippen LogP contribution in [0.25, 0.3) is 0 Å². The Kier molecular flexibility index (Phi) is 8.54. The highest BCUT2D eigenvalue weighted by Crippen LogP contribution is 2.31. The van der Waals surface area contributed by atoms with E-state index in [-0.39, 0.29) is 30.1 Å². The fourth-order valence-electron chi connectivity index (χ4n) is 3.44. The van der Waals surface area contributed by atoms with Crippen molar-refractivity contribution in [2.75, 3.05) is 52.4 Å². The van der Waals surface area contributed by atoms with E-state index in [9.17, 15) is 9.59 Å². The SMILES string of the molecule is Cl.NCCN(CCc1ccccc1)CC(=O)N1CCN(C(=O)C2CC2)CC1. The number of benzene rings is 1. The zero-order valence-electron chi connectivity index (χ0n) is 15.9. The third-order valence-corrected chi connectivity index (χ3v) is 5.23. The maximum absolute atomic E-state index is 12.7. The summed E-state index contributed by atoms with van der Waals surface area (Å²) >= 11 is 0. The van der Waals surface area contributed by atoms with Gasteiger partial charge in [0.25, 0.3) is 0 Å². The molecule has 27 heavy (non-hydrogen) atoms. The molecule has 1 aromatic rings. The molecule has 0 radical (unpaired) electrons. The molecule has 0 aromatic heterocycles. The molecule has 150 valence electrons. The molecular formula is C20H31ClN4O2. The van der Waals surface area contributed by atoms with Crippen LogP contribution in [0.1, 0.15) is 18.4 Å². The van der Waals surface area contributed by atoms with Gasteiger partial charge in [-0.25, -0.2) is 0 Å². The zero-order valence-corrected chi connectivity index (χ0v) is 16.7. The van der Waals surface area contributed by atoms with Gasteiger partial charge >= 0.3 is 0 Å². The second-order valence-corrected chi connectivity index (χ2v) is 7.28. The Balaban J connectivity index is 0.00000261. The first-order valence-electron chi connectivity index (χ1n) is 9.70. The van der Waals surface area contributed by atoms with Crippen molar-refractivity contribution in [1.29, 1.82) is 0 Å². The van der Waals surface area contributed by atoms with E-state index >= 15 is 0 Å². The smallest absolute Gasteiger partial charge is 0.236 e. The highest BCUT2D eigenvalue weighted by molar-refractivity contribution is 5.85. The average molecular weight is 395 g/mol. The Bertz CT molecular complexity index is 601. The van der Waals surface area contributed by atoms with Gasteiger partial charge in [-0.1, -0.05) is 30.3 Å². The predicted molar refractivity (Wildman–Crippen MR) is 109 cm³/mol. The molecule has 0 atom stereocenters.